The van der Waals surface area contributed by atoms with Crippen LogP contribution in [0.4, 0.5) is 16.2 Å². The van der Waals surface area contributed by atoms with Gasteiger partial charge in [0.15, 0.2) is 0 Å². The lowest BCUT2D eigenvalue weighted by atomic mass is 9.55. The Bertz CT molecular complexity index is 614. The van der Waals surface area contributed by atoms with Crippen LogP contribution in [0.2, 0.25) is 0 Å². The fraction of sp³-hybridized carbons (Fsp3) is 0.562. The minimum absolute atomic E-state index is 0.00159. The highest BCUT2D eigenvalue weighted by atomic mass is 16.6. The van der Waals surface area contributed by atoms with Gasteiger partial charge in [-0.2, -0.15) is 0 Å². The van der Waals surface area contributed by atoms with Gasteiger partial charge in [0.05, 0.1) is 11.0 Å². The zero-order valence-corrected chi connectivity index (χ0v) is 13.2. The van der Waals surface area contributed by atoms with Gasteiger partial charge in [-0.25, -0.2) is 4.79 Å². The van der Waals surface area contributed by atoms with Crippen molar-refractivity contribution in [1.29, 1.82) is 0 Å². The number of carbonyl (C=O) groups is 1. The molecule has 1 saturated heterocycles. The molecule has 0 spiro atoms. The summed E-state index contributed by atoms with van der Waals surface area (Å²) in [5.41, 5.74) is 0.442. The number of urea groups is 1. The fourth-order valence-electron chi connectivity index (χ4n) is 3.79. The van der Waals surface area contributed by atoms with Gasteiger partial charge in [-0.1, -0.05) is 13.8 Å². The predicted octanol–water partition coefficient (Wildman–Crippen LogP) is 2.92. The molecule has 1 aliphatic heterocycles. The average molecular weight is 319 g/mol. The predicted molar refractivity (Wildman–Crippen MR) is 85.3 cm³/mol. The van der Waals surface area contributed by atoms with Gasteiger partial charge in [0, 0.05) is 41.8 Å². The van der Waals surface area contributed by atoms with E-state index < -0.39 is 4.92 Å². The Hall–Kier alpha value is -2.15. The molecule has 1 heterocycles. The summed E-state index contributed by atoms with van der Waals surface area (Å²) in [6.45, 7) is 5.01. The number of ether oxygens (including phenoxy) is 1. The van der Waals surface area contributed by atoms with Crippen molar-refractivity contribution in [2.45, 2.75) is 38.8 Å². The number of anilines is 1. The summed E-state index contributed by atoms with van der Waals surface area (Å²) in [6, 6.07) is 5.57. The summed E-state index contributed by atoms with van der Waals surface area (Å²) in [6.07, 6.45) is 2.30. The molecule has 0 aromatic heterocycles. The number of nitro benzene ring substituents is 1. The third-order valence-electron chi connectivity index (χ3n) is 4.95. The third-order valence-corrected chi connectivity index (χ3v) is 4.95. The van der Waals surface area contributed by atoms with Crippen molar-refractivity contribution in [1.82, 2.24) is 5.32 Å². The van der Waals surface area contributed by atoms with Gasteiger partial charge in [-0.15, -0.1) is 0 Å². The Labute approximate surface area is 134 Å². The molecule has 3 rings (SSSR count). The third kappa shape index (κ3) is 2.88. The molecule has 7 heteroatoms. The summed E-state index contributed by atoms with van der Waals surface area (Å²) in [5, 5.41) is 16.4. The summed E-state index contributed by atoms with van der Waals surface area (Å²) >= 11 is 0. The maximum Gasteiger partial charge on any atom is 0.319 e. The number of nitrogens with zero attached hydrogens (tertiary/aromatic N) is 1. The highest BCUT2D eigenvalue weighted by Crippen LogP contribution is 2.51. The Morgan fingerprint density at radius 3 is 2.70 bits per heavy atom. The van der Waals surface area contributed by atoms with Crippen molar-refractivity contribution in [3.8, 4) is 0 Å². The van der Waals surface area contributed by atoms with Gasteiger partial charge in [-0.3, -0.25) is 10.1 Å². The van der Waals surface area contributed by atoms with E-state index in [9.17, 15) is 14.9 Å². The average Bonchev–Trinajstić information content (AvgIpc) is 2.53. The van der Waals surface area contributed by atoms with Gasteiger partial charge in [0.2, 0.25) is 0 Å². The molecule has 1 aromatic carbocycles. The number of hydrogen-bond donors (Lipinski definition) is 2. The number of non-ortho nitro benzene ring substituents is 1. The molecular weight excluding hydrogens is 298 g/mol. The van der Waals surface area contributed by atoms with Crippen molar-refractivity contribution in [3.05, 3.63) is 34.4 Å². The van der Waals surface area contributed by atoms with Crippen LogP contribution in [0.25, 0.3) is 0 Å². The SMILES string of the molecule is CC1(C)[C@H](NC(=O)Nc2ccc([N+](=O)[O-])cc2)[C@@H]2CCCO[C@H]21. The zero-order valence-electron chi connectivity index (χ0n) is 13.2. The normalized spacial score (nSPS) is 28.2. The first kappa shape index (κ1) is 15.7. The van der Waals surface area contributed by atoms with Crippen molar-refractivity contribution < 1.29 is 14.5 Å². The van der Waals surface area contributed by atoms with E-state index in [0.717, 1.165) is 19.4 Å². The molecule has 23 heavy (non-hydrogen) atoms. The van der Waals surface area contributed by atoms with Crippen LogP contribution in [0.15, 0.2) is 24.3 Å². The highest BCUT2D eigenvalue weighted by molar-refractivity contribution is 5.89. The van der Waals surface area contributed by atoms with E-state index in [1.165, 1.54) is 24.3 Å². The van der Waals surface area contributed by atoms with E-state index in [2.05, 4.69) is 24.5 Å². The lowest BCUT2D eigenvalue weighted by Crippen LogP contribution is -2.70. The Morgan fingerprint density at radius 1 is 1.35 bits per heavy atom. The van der Waals surface area contributed by atoms with Gasteiger partial charge >= 0.3 is 6.03 Å². The van der Waals surface area contributed by atoms with Crippen LogP contribution in [-0.4, -0.2) is 29.7 Å². The van der Waals surface area contributed by atoms with Crippen LogP contribution in [0.3, 0.4) is 0 Å². The molecule has 1 aliphatic carbocycles. The summed E-state index contributed by atoms with van der Waals surface area (Å²) in [7, 11) is 0. The Kier molecular flexibility index (Phi) is 3.97. The van der Waals surface area contributed by atoms with Crippen LogP contribution < -0.4 is 10.6 Å². The van der Waals surface area contributed by atoms with Gasteiger partial charge in [-0.05, 0) is 25.0 Å². The quantitative estimate of drug-likeness (QED) is 0.661. The molecule has 2 aliphatic rings. The molecule has 124 valence electrons. The van der Waals surface area contributed by atoms with E-state index in [4.69, 9.17) is 4.74 Å². The number of nitrogens with one attached hydrogen (secondary N) is 2. The molecule has 2 N–H and O–H groups in total. The minimum Gasteiger partial charge on any atom is -0.377 e. The fourth-order valence-corrected chi connectivity index (χ4v) is 3.79. The molecule has 7 nitrogen and oxygen atoms in total. The lowest BCUT2D eigenvalue weighted by molar-refractivity contribution is -0.384. The number of fused-ring (bicyclic) bond motifs is 1. The molecule has 3 atom stereocenters. The Morgan fingerprint density at radius 2 is 2.04 bits per heavy atom. The lowest BCUT2D eigenvalue weighted by Gasteiger charge is -2.59. The van der Waals surface area contributed by atoms with Crippen LogP contribution in [-0.2, 0) is 4.74 Å². The first-order valence-corrected chi connectivity index (χ1v) is 7.83. The molecule has 2 amide bonds. The van der Waals surface area contributed by atoms with Gasteiger partial charge in [0.25, 0.3) is 5.69 Å². The monoisotopic (exact) mass is 319 g/mol. The number of nitro groups is 1. The van der Waals surface area contributed by atoms with Crippen LogP contribution in [0, 0.1) is 21.4 Å². The summed E-state index contributed by atoms with van der Waals surface area (Å²) < 4.78 is 5.82. The first-order valence-electron chi connectivity index (χ1n) is 7.83. The molecule has 0 unspecified atom stereocenters. The molecule has 1 aromatic rings. The van der Waals surface area contributed by atoms with E-state index in [0.29, 0.717) is 11.6 Å². The Balaban J connectivity index is 1.60. The van der Waals surface area contributed by atoms with Gasteiger partial charge < -0.3 is 15.4 Å². The number of carbonyl (C=O) groups excluding carboxylic acids is 1. The molecule has 0 bridgehead atoms. The van der Waals surface area contributed by atoms with Crippen molar-refractivity contribution in [2.24, 2.45) is 11.3 Å². The minimum atomic E-state index is -0.468. The molecule has 2 fully saturated rings. The van der Waals surface area contributed by atoms with E-state index >= 15 is 0 Å². The second kappa shape index (κ2) is 5.81. The standard InChI is InChI=1S/C16H21N3O4/c1-16(2)13(12-4-3-9-23-14(12)16)18-15(20)17-10-5-7-11(8-6-10)19(21)22/h5-8,12-14H,3-4,9H2,1-2H3,(H2,17,18,20)/t12-,13+,14+/m0/s1. The number of rotatable bonds is 3. The zero-order chi connectivity index (χ0) is 16.6. The molecule has 1 saturated carbocycles. The second-order valence-corrected chi connectivity index (χ2v) is 6.80. The summed E-state index contributed by atoms with van der Waals surface area (Å²) in [4.78, 5) is 22.4. The maximum absolute atomic E-state index is 12.2. The summed E-state index contributed by atoms with van der Waals surface area (Å²) in [5.74, 6) is 0.362. The topological polar surface area (TPSA) is 93.5 Å². The van der Waals surface area contributed by atoms with Gasteiger partial charge in [0.1, 0.15) is 0 Å². The number of amides is 2. The van der Waals surface area contributed by atoms with E-state index in [-0.39, 0.29) is 29.3 Å². The number of hydrogen-bond acceptors (Lipinski definition) is 4. The molecular formula is C16H21N3O4. The smallest absolute Gasteiger partial charge is 0.319 e. The highest BCUT2D eigenvalue weighted by Gasteiger charge is 2.58. The van der Waals surface area contributed by atoms with Crippen molar-refractivity contribution in [2.75, 3.05) is 11.9 Å². The second-order valence-electron chi connectivity index (χ2n) is 6.80. The van der Waals surface area contributed by atoms with Crippen LogP contribution in [0.1, 0.15) is 26.7 Å². The van der Waals surface area contributed by atoms with E-state index in [1.54, 1.807) is 0 Å². The maximum atomic E-state index is 12.2. The van der Waals surface area contributed by atoms with E-state index in [1.807, 2.05) is 0 Å². The van der Waals surface area contributed by atoms with Crippen molar-refractivity contribution in [3.63, 3.8) is 0 Å². The van der Waals surface area contributed by atoms with Crippen LogP contribution >= 0.6 is 0 Å². The largest absolute Gasteiger partial charge is 0.377 e. The van der Waals surface area contributed by atoms with Crippen LogP contribution in [0.5, 0.6) is 0 Å². The molecule has 0 radical (unpaired) electrons. The first-order chi connectivity index (χ1) is 10.9. The van der Waals surface area contributed by atoms with Crippen molar-refractivity contribution >= 4 is 17.4 Å². The number of benzene rings is 1.